The lowest BCUT2D eigenvalue weighted by atomic mass is 9.88. The Labute approximate surface area is 76.2 Å². The van der Waals surface area contributed by atoms with E-state index >= 15 is 0 Å². The van der Waals surface area contributed by atoms with Crippen LogP contribution in [-0.4, -0.2) is 9.97 Å². The number of hydrogen-bond acceptors (Lipinski definition) is 1. The van der Waals surface area contributed by atoms with Gasteiger partial charge in [-0.25, -0.2) is 4.79 Å². The fraction of sp³-hybridized carbons (Fsp3) is 0.500. The maximum Gasteiger partial charge on any atom is 0.323 e. The molecule has 70 valence electrons. The quantitative estimate of drug-likeness (QED) is 0.622. The highest BCUT2D eigenvalue weighted by molar-refractivity contribution is 5.38. The van der Waals surface area contributed by atoms with Gasteiger partial charge in [0.05, 0.1) is 10.7 Å². The summed E-state index contributed by atoms with van der Waals surface area (Å²) >= 11 is 0. The molecule has 0 radical (unpaired) electrons. The summed E-state index contributed by atoms with van der Waals surface area (Å²) in [5.41, 5.74) is -0.110. The van der Waals surface area contributed by atoms with Gasteiger partial charge in [-0.1, -0.05) is 26.0 Å². The molecule has 3 heteroatoms. The normalized spacial score (nSPS) is 26.0. The second-order valence-corrected chi connectivity index (χ2v) is 3.67. The number of aromatic nitrogens is 2. The molecule has 0 bridgehead atoms. The van der Waals surface area contributed by atoms with E-state index in [9.17, 15) is 4.79 Å². The average molecular weight is 178 g/mol. The molecule has 2 atom stereocenters. The molecule has 0 fully saturated rings. The van der Waals surface area contributed by atoms with Crippen LogP contribution < -0.4 is 16.4 Å². The molecule has 2 N–H and O–H groups in total. The lowest BCUT2D eigenvalue weighted by Gasteiger charge is -2.17. The molecule has 13 heavy (non-hydrogen) atoms. The van der Waals surface area contributed by atoms with Gasteiger partial charge in [-0.05, 0) is 18.3 Å². The van der Waals surface area contributed by atoms with E-state index in [2.05, 4.69) is 36.0 Å². The van der Waals surface area contributed by atoms with Crippen LogP contribution in [0.1, 0.15) is 20.3 Å². The SMILES string of the molecule is CCC1C=c2[nH]c(=O)[nH]c2=CC1C. The van der Waals surface area contributed by atoms with Crippen LogP contribution in [0.2, 0.25) is 0 Å². The summed E-state index contributed by atoms with van der Waals surface area (Å²) < 4.78 is 0. The summed E-state index contributed by atoms with van der Waals surface area (Å²) in [4.78, 5) is 16.6. The molecule has 0 aliphatic heterocycles. The van der Waals surface area contributed by atoms with Crippen molar-refractivity contribution in [3.63, 3.8) is 0 Å². The first kappa shape index (κ1) is 8.35. The van der Waals surface area contributed by atoms with Gasteiger partial charge in [0, 0.05) is 0 Å². The second kappa shape index (κ2) is 2.91. The molecule has 2 unspecified atom stereocenters. The third kappa shape index (κ3) is 1.34. The summed E-state index contributed by atoms with van der Waals surface area (Å²) in [5, 5.41) is 1.90. The third-order valence-electron chi connectivity index (χ3n) is 2.74. The van der Waals surface area contributed by atoms with Crippen molar-refractivity contribution in [2.75, 3.05) is 0 Å². The Morgan fingerprint density at radius 1 is 1.31 bits per heavy atom. The molecule has 1 aromatic heterocycles. The van der Waals surface area contributed by atoms with E-state index in [1.165, 1.54) is 0 Å². The molecule has 1 aromatic rings. The molecule has 0 saturated heterocycles. The molecule has 0 aromatic carbocycles. The number of aromatic amines is 2. The van der Waals surface area contributed by atoms with Crippen molar-refractivity contribution in [3.8, 4) is 0 Å². The molecule has 1 aliphatic rings. The number of H-pyrrole nitrogens is 2. The van der Waals surface area contributed by atoms with Gasteiger partial charge in [0.15, 0.2) is 0 Å². The lowest BCUT2D eigenvalue weighted by molar-refractivity contribution is 0.539. The van der Waals surface area contributed by atoms with E-state index in [1.54, 1.807) is 0 Å². The number of fused-ring (bicyclic) bond motifs is 1. The fourth-order valence-electron chi connectivity index (χ4n) is 1.92. The van der Waals surface area contributed by atoms with Crippen molar-refractivity contribution in [2.24, 2.45) is 11.8 Å². The Balaban J connectivity index is 2.65. The highest BCUT2D eigenvalue weighted by Gasteiger charge is 2.14. The van der Waals surface area contributed by atoms with Crippen LogP contribution in [0.5, 0.6) is 0 Å². The molecular weight excluding hydrogens is 164 g/mol. The summed E-state index contributed by atoms with van der Waals surface area (Å²) in [5.74, 6) is 1.07. The Hall–Kier alpha value is -1.25. The lowest BCUT2D eigenvalue weighted by Crippen LogP contribution is -2.32. The van der Waals surface area contributed by atoms with Crippen LogP contribution >= 0.6 is 0 Å². The largest absolute Gasteiger partial charge is 0.323 e. The fourth-order valence-corrected chi connectivity index (χ4v) is 1.92. The molecule has 2 rings (SSSR count). The van der Waals surface area contributed by atoms with E-state index in [1.807, 2.05) is 0 Å². The van der Waals surface area contributed by atoms with Gasteiger partial charge in [-0.15, -0.1) is 0 Å². The minimum Gasteiger partial charge on any atom is -0.306 e. The summed E-state index contributed by atoms with van der Waals surface area (Å²) in [6.45, 7) is 4.35. The van der Waals surface area contributed by atoms with Gasteiger partial charge >= 0.3 is 5.69 Å². The van der Waals surface area contributed by atoms with Gasteiger partial charge in [0.25, 0.3) is 0 Å². The molecule has 3 nitrogen and oxygen atoms in total. The van der Waals surface area contributed by atoms with Crippen LogP contribution in [0.15, 0.2) is 4.79 Å². The van der Waals surface area contributed by atoms with Crippen LogP contribution in [0, 0.1) is 11.8 Å². The third-order valence-corrected chi connectivity index (χ3v) is 2.74. The molecule has 0 amide bonds. The predicted molar refractivity (Wildman–Crippen MR) is 52.5 cm³/mol. The first-order valence-electron chi connectivity index (χ1n) is 4.72. The number of imidazole rings is 1. The van der Waals surface area contributed by atoms with Gasteiger partial charge in [-0.3, -0.25) is 0 Å². The van der Waals surface area contributed by atoms with Gasteiger partial charge in [0.1, 0.15) is 0 Å². The van der Waals surface area contributed by atoms with E-state index in [-0.39, 0.29) is 5.69 Å². The Bertz CT molecular complexity index is 466. The van der Waals surface area contributed by atoms with Crippen molar-refractivity contribution < 1.29 is 0 Å². The van der Waals surface area contributed by atoms with E-state index in [0.29, 0.717) is 11.8 Å². The van der Waals surface area contributed by atoms with Gasteiger partial charge in [0.2, 0.25) is 0 Å². The Morgan fingerprint density at radius 2 is 1.92 bits per heavy atom. The van der Waals surface area contributed by atoms with Crippen molar-refractivity contribution in [1.82, 2.24) is 9.97 Å². The van der Waals surface area contributed by atoms with Gasteiger partial charge in [-0.2, -0.15) is 0 Å². The summed E-state index contributed by atoms with van der Waals surface area (Å²) in [6.07, 6.45) is 5.39. The van der Waals surface area contributed by atoms with E-state index in [4.69, 9.17) is 0 Å². The Morgan fingerprint density at radius 3 is 2.54 bits per heavy atom. The first-order valence-corrected chi connectivity index (χ1v) is 4.72. The van der Waals surface area contributed by atoms with E-state index in [0.717, 1.165) is 17.1 Å². The molecule has 1 aliphatic carbocycles. The standard InChI is InChI=1S/C10H14N2O/c1-3-7-5-9-8(4-6(7)2)11-10(13)12-9/h4-7H,3H2,1-2H3,(H2,11,12,13). The minimum atomic E-state index is -0.110. The van der Waals surface area contributed by atoms with Crippen LogP contribution in [0.25, 0.3) is 12.2 Å². The highest BCUT2D eigenvalue weighted by atomic mass is 16.1. The number of hydrogen-bond donors (Lipinski definition) is 2. The monoisotopic (exact) mass is 178 g/mol. The smallest absolute Gasteiger partial charge is 0.306 e. The zero-order valence-corrected chi connectivity index (χ0v) is 7.92. The average Bonchev–Trinajstić information content (AvgIpc) is 2.42. The van der Waals surface area contributed by atoms with Crippen molar-refractivity contribution >= 4 is 12.2 Å². The predicted octanol–water partition coefficient (Wildman–Crippen LogP) is -0.0601. The zero-order valence-electron chi connectivity index (χ0n) is 7.92. The van der Waals surface area contributed by atoms with Crippen LogP contribution in [-0.2, 0) is 0 Å². The summed E-state index contributed by atoms with van der Waals surface area (Å²) in [7, 11) is 0. The van der Waals surface area contributed by atoms with Crippen molar-refractivity contribution in [1.29, 1.82) is 0 Å². The van der Waals surface area contributed by atoms with E-state index < -0.39 is 0 Å². The zero-order chi connectivity index (χ0) is 9.42. The molecule has 0 saturated carbocycles. The highest BCUT2D eigenvalue weighted by Crippen LogP contribution is 2.18. The maximum atomic E-state index is 11.0. The maximum absolute atomic E-state index is 11.0. The van der Waals surface area contributed by atoms with Crippen LogP contribution in [0.4, 0.5) is 0 Å². The van der Waals surface area contributed by atoms with Crippen molar-refractivity contribution in [3.05, 3.63) is 21.2 Å². The van der Waals surface area contributed by atoms with Crippen LogP contribution in [0.3, 0.4) is 0 Å². The Kier molecular flexibility index (Phi) is 1.87. The molecule has 1 heterocycles. The number of nitrogens with one attached hydrogen (secondary N) is 2. The molecule has 0 spiro atoms. The van der Waals surface area contributed by atoms with Gasteiger partial charge < -0.3 is 9.97 Å². The second-order valence-electron chi connectivity index (χ2n) is 3.67. The first-order chi connectivity index (χ1) is 6.20. The summed E-state index contributed by atoms with van der Waals surface area (Å²) in [6, 6.07) is 0. The topological polar surface area (TPSA) is 48.6 Å². The number of rotatable bonds is 1. The molecular formula is C10H14N2O. The minimum absolute atomic E-state index is 0.110. The van der Waals surface area contributed by atoms with Crippen molar-refractivity contribution in [2.45, 2.75) is 20.3 Å².